The number of anilines is 1. The molecule has 0 saturated heterocycles. The topological polar surface area (TPSA) is 60.7 Å². The lowest BCUT2D eigenvalue weighted by atomic mass is 10.2. The molecule has 0 unspecified atom stereocenters. The Hall–Kier alpha value is -3.35. The molecule has 0 bridgehead atoms. The second-order valence-electron chi connectivity index (χ2n) is 5.79. The summed E-state index contributed by atoms with van der Waals surface area (Å²) in [5.41, 5.74) is 1.48. The van der Waals surface area contributed by atoms with Gasteiger partial charge in [-0.1, -0.05) is 6.07 Å². The number of halogens is 2. The van der Waals surface area contributed by atoms with Crippen molar-refractivity contribution < 1.29 is 27.5 Å². The molecular weight excluding hydrogens is 356 g/mol. The second kappa shape index (κ2) is 7.90. The summed E-state index contributed by atoms with van der Waals surface area (Å²) in [7, 11) is 1.51. The van der Waals surface area contributed by atoms with Crippen molar-refractivity contribution in [3.63, 3.8) is 0 Å². The van der Waals surface area contributed by atoms with Crippen LogP contribution in [0.5, 0.6) is 11.5 Å². The van der Waals surface area contributed by atoms with Crippen LogP contribution in [0.3, 0.4) is 0 Å². The van der Waals surface area contributed by atoms with Crippen LogP contribution in [0.4, 0.5) is 14.5 Å². The number of aryl methyl sites for hydroxylation is 1. The highest BCUT2D eigenvalue weighted by Crippen LogP contribution is 2.26. The third kappa shape index (κ3) is 4.44. The van der Waals surface area contributed by atoms with Gasteiger partial charge in [-0.2, -0.15) is 0 Å². The minimum absolute atomic E-state index is 0.0664. The Morgan fingerprint density at radius 3 is 2.59 bits per heavy atom. The number of methoxy groups -OCH3 is 1. The van der Waals surface area contributed by atoms with Crippen molar-refractivity contribution in [2.24, 2.45) is 0 Å². The standard InChI is InChI=1S/C20H17F2NO4/c1-12-3-6-18(25-2)16(9-12)23-20(24)19-8-5-14(27-19)11-26-17-7-4-13(21)10-15(17)22/h3-10H,11H2,1-2H3,(H,23,24). The molecule has 0 spiro atoms. The molecule has 140 valence electrons. The van der Waals surface area contributed by atoms with Gasteiger partial charge in [0.05, 0.1) is 12.8 Å². The number of carbonyl (C=O) groups is 1. The third-order valence-electron chi connectivity index (χ3n) is 3.75. The second-order valence-corrected chi connectivity index (χ2v) is 5.79. The van der Waals surface area contributed by atoms with Crippen LogP contribution in [0.25, 0.3) is 0 Å². The van der Waals surface area contributed by atoms with E-state index in [1.165, 1.54) is 19.2 Å². The third-order valence-corrected chi connectivity index (χ3v) is 3.75. The predicted octanol–water partition coefficient (Wildman–Crippen LogP) is 4.71. The van der Waals surface area contributed by atoms with Crippen LogP contribution in [-0.4, -0.2) is 13.0 Å². The fourth-order valence-electron chi connectivity index (χ4n) is 2.42. The highest BCUT2D eigenvalue weighted by molar-refractivity contribution is 6.03. The lowest BCUT2D eigenvalue weighted by molar-refractivity contribution is 0.0992. The van der Waals surface area contributed by atoms with Crippen molar-refractivity contribution in [2.45, 2.75) is 13.5 Å². The predicted molar refractivity (Wildman–Crippen MR) is 95.1 cm³/mol. The van der Waals surface area contributed by atoms with E-state index in [9.17, 15) is 13.6 Å². The number of rotatable bonds is 6. The number of hydrogen-bond acceptors (Lipinski definition) is 4. The van der Waals surface area contributed by atoms with E-state index in [1.807, 2.05) is 13.0 Å². The molecule has 0 atom stereocenters. The Morgan fingerprint density at radius 2 is 1.85 bits per heavy atom. The Morgan fingerprint density at radius 1 is 1.07 bits per heavy atom. The van der Waals surface area contributed by atoms with Crippen molar-refractivity contribution in [3.8, 4) is 11.5 Å². The minimum atomic E-state index is -0.814. The van der Waals surface area contributed by atoms with E-state index in [1.54, 1.807) is 18.2 Å². The zero-order valence-corrected chi connectivity index (χ0v) is 14.7. The summed E-state index contributed by atoms with van der Waals surface area (Å²) in [6.45, 7) is 1.79. The first-order valence-corrected chi connectivity index (χ1v) is 8.09. The van der Waals surface area contributed by atoms with Gasteiger partial charge in [-0.15, -0.1) is 0 Å². The molecule has 0 aliphatic carbocycles. The largest absolute Gasteiger partial charge is 0.495 e. The monoisotopic (exact) mass is 373 g/mol. The average Bonchev–Trinajstić information content (AvgIpc) is 3.10. The summed E-state index contributed by atoms with van der Waals surface area (Å²) in [6.07, 6.45) is 0. The van der Waals surface area contributed by atoms with Gasteiger partial charge in [0.15, 0.2) is 17.3 Å². The maximum atomic E-state index is 13.6. The molecule has 3 aromatic rings. The van der Waals surface area contributed by atoms with E-state index in [-0.39, 0.29) is 18.1 Å². The fraction of sp³-hybridized carbons (Fsp3) is 0.150. The van der Waals surface area contributed by atoms with Gasteiger partial charge in [-0.25, -0.2) is 8.78 Å². The molecule has 27 heavy (non-hydrogen) atoms. The molecule has 7 heteroatoms. The molecule has 2 aromatic carbocycles. The van der Waals surface area contributed by atoms with E-state index in [4.69, 9.17) is 13.9 Å². The van der Waals surface area contributed by atoms with E-state index >= 15 is 0 Å². The van der Waals surface area contributed by atoms with Crippen LogP contribution in [0, 0.1) is 18.6 Å². The summed E-state index contributed by atoms with van der Waals surface area (Å²) in [5, 5.41) is 2.72. The number of furan rings is 1. The molecule has 1 heterocycles. The van der Waals surface area contributed by atoms with Crippen molar-refractivity contribution in [1.82, 2.24) is 0 Å². The van der Waals surface area contributed by atoms with Gasteiger partial charge < -0.3 is 19.2 Å². The van der Waals surface area contributed by atoms with Gasteiger partial charge in [0.1, 0.15) is 23.9 Å². The van der Waals surface area contributed by atoms with Crippen molar-refractivity contribution in [3.05, 3.63) is 77.2 Å². The summed E-state index contributed by atoms with van der Waals surface area (Å²) in [5.74, 6) is -1.16. The van der Waals surface area contributed by atoms with Crippen LogP contribution in [-0.2, 0) is 6.61 Å². The zero-order chi connectivity index (χ0) is 19.4. The summed E-state index contributed by atoms with van der Waals surface area (Å²) in [4.78, 5) is 12.4. The van der Waals surface area contributed by atoms with E-state index in [2.05, 4.69) is 5.32 Å². The molecule has 0 radical (unpaired) electrons. The zero-order valence-electron chi connectivity index (χ0n) is 14.7. The van der Waals surface area contributed by atoms with Gasteiger partial charge in [-0.05, 0) is 48.9 Å². The van der Waals surface area contributed by atoms with Crippen molar-refractivity contribution in [1.29, 1.82) is 0 Å². The molecule has 1 aromatic heterocycles. The summed E-state index contributed by atoms with van der Waals surface area (Å²) >= 11 is 0. The first-order valence-electron chi connectivity index (χ1n) is 8.09. The molecule has 1 N–H and O–H groups in total. The maximum absolute atomic E-state index is 13.6. The Bertz CT molecular complexity index is 968. The Kier molecular flexibility index (Phi) is 5.40. The van der Waals surface area contributed by atoms with Gasteiger partial charge in [-0.3, -0.25) is 4.79 Å². The summed E-state index contributed by atoms with van der Waals surface area (Å²) < 4.78 is 42.4. The number of amides is 1. The molecule has 0 aliphatic heterocycles. The van der Waals surface area contributed by atoms with Crippen LogP contribution < -0.4 is 14.8 Å². The first-order chi connectivity index (χ1) is 13.0. The van der Waals surface area contributed by atoms with Crippen LogP contribution >= 0.6 is 0 Å². The number of ether oxygens (including phenoxy) is 2. The van der Waals surface area contributed by atoms with Gasteiger partial charge in [0, 0.05) is 6.07 Å². The van der Waals surface area contributed by atoms with E-state index in [0.29, 0.717) is 17.2 Å². The van der Waals surface area contributed by atoms with E-state index in [0.717, 1.165) is 17.7 Å². The van der Waals surface area contributed by atoms with Gasteiger partial charge >= 0.3 is 0 Å². The highest BCUT2D eigenvalue weighted by Gasteiger charge is 2.15. The lowest BCUT2D eigenvalue weighted by Gasteiger charge is -2.10. The fourth-order valence-corrected chi connectivity index (χ4v) is 2.42. The quantitative estimate of drug-likeness (QED) is 0.680. The molecule has 0 saturated carbocycles. The molecule has 0 aliphatic rings. The number of benzene rings is 2. The smallest absolute Gasteiger partial charge is 0.291 e. The normalized spacial score (nSPS) is 10.5. The maximum Gasteiger partial charge on any atom is 0.291 e. The summed E-state index contributed by atoms with van der Waals surface area (Å²) in [6, 6.07) is 11.4. The number of nitrogens with one attached hydrogen (secondary N) is 1. The van der Waals surface area contributed by atoms with Crippen LogP contribution in [0.2, 0.25) is 0 Å². The molecule has 3 rings (SSSR count). The van der Waals surface area contributed by atoms with E-state index < -0.39 is 17.5 Å². The Balaban J connectivity index is 1.66. The SMILES string of the molecule is COc1ccc(C)cc1NC(=O)c1ccc(COc2ccc(F)cc2F)o1. The lowest BCUT2D eigenvalue weighted by Crippen LogP contribution is -2.12. The van der Waals surface area contributed by atoms with Gasteiger partial charge in [0.25, 0.3) is 5.91 Å². The van der Waals surface area contributed by atoms with Gasteiger partial charge in [0.2, 0.25) is 0 Å². The highest BCUT2D eigenvalue weighted by atomic mass is 19.1. The average molecular weight is 373 g/mol. The first kappa shape index (κ1) is 18.4. The number of carbonyl (C=O) groups excluding carboxylic acids is 1. The number of hydrogen-bond donors (Lipinski definition) is 1. The van der Waals surface area contributed by atoms with Crippen LogP contribution in [0.15, 0.2) is 52.9 Å². The molecule has 0 fully saturated rings. The van der Waals surface area contributed by atoms with Crippen molar-refractivity contribution in [2.75, 3.05) is 12.4 Å². The minimum Gasteiger partial charge on any atom is -0.495 e. The van der Waals surface area contributed by atoms with Crippen LogP contribution in [0.1, 0.15) is 21.9 Å². The Labute approximate surface area is 154 Å². The van der Waals surface area contributed by atoms with Crippen molar-refractivity contribution >= 4 is 11.6 Å². The molecule has 5 nitrogen and oxygen atoms in total. The molecule has 1 amide bonds. The molecular formula is C20H17F2NO4.